The van der Waals surface area contributed by atoms with Crippen molar-refractivity contribution in [3.05, 3.63) is 53.6 Å². The fourth-order valence-electron chi connectivity index (χ4n) is 2.59. The Kier molecular flexibility index (Phi) is 4.03. The fourth-order valence-corrected chi connectivity index (χ4v) is 2.59. The number of pyridine rings is 1. The number of amides is 1. The molecule has 2 aromatic heterocycles. The molecule has 3 rings (SSSR count). The minimum atomic E-state index is -0.986. The Labute approximate surface area is 140 Å². The van der Waals surface area contributed by atoms with Gasteiger partial charge in [-0.05, 0) is 26.0 Å². The van der Waals surface area contributed by atoms with E-state index in [1.165, 1.54) is 20.0 Å². The van der Waals surface area contributed by atoms with Gasteiger partial charge in [0.1, 0.15) is 17.0 Å². The van der Waals surface area contributed by atoms with E-state index in [0.717, 1.165) is 12.1 Å². The van der Waals surface area contributed by atoms with Crippen LogP contribution < -0.4 is 5.32 Å². The zero-order chi connectivity index (χ0) is 18.3. The number of hydrogen-bond acceptors (Lipinski definition) is 3. The van der Waals surface area contributed by atoms with Gasteiger partial charge in [0.15, 0.2) is 11.6 Å². The second-order valence-electron chi connectivity index (χ2n) is 5.43. The first-order valence-electron chi connectivity index (χ1n) is 7.26. The number of hydrogen-bond donors (Lipinski definition) is 2. The maximum atomic E-state index is 14.8. The van der Waals surface area contributed by atoms with Gasteiger partial charge >= 0.3 is 0 Å². The number of aryl methyl sites for hydroxylation is 1. The molecule has 2 N–H and O–H groups in total. The molecule has 0 aliphatic heterocycles. The SMILES string of the molecule is C=CC(=O)Nc1c(C)nc(-c2c(F)cc3cn[nH]c3c2F)c(F)c1C. The number of carbonyl (C=O) groups excluding carboxylic acids is 1. The highest BCUT2D eigenvalue weighted by molar-refractivity contribution is 6.00. The molecule has 0 spiro atoms. The Morgan fingerprint density at radius 2 is 2.00 bits per heavy atom. The predicted molar refractivity (Wildman–Crippen MR) is 87.5 cm³/mol. The summed E-state index contributed by atoms with van der Waals surface area (Å²) in [6, 6.07) is 1.05. The second kappa shape index (κ2) is 6.04. The van der Waals surface area contributed by atoms with Crippen LogP contribution in [0.5, 0.6) is 0 Å². The van der Waals surface area contributed by atoms with Crippen LogP contribution in [0.25, 0.3) is 22.2 Å². The van der Waals surface area contributed by atoms with Gasteiger partial charge in [0.2, 0.25) is 5.91 Å². The van der Waals surface area contributed by atoms with Crippen LogP contribution in [0.3, 0.4) is 0 Å². The number of benzene rings is 1. The van der Waals surface area contributed by atoms with Gasteiger partial charge in [0.25, 0.3) is 0 Å². The van der Waals surface area contributed by atoms with Crippen molar-refractivity contribution in [2.75, 3.05) is 5.32 Å². The molecule has 25 heavy (non-hydrogen) atoms. The lowest BCUT2D eigenvalue weighted by Crippen LogP contribution is -2.13. The summed E-state index contributed by atoms with van der Waals surface area (Å²) in [4.78, 5) is 15.4. The first-order valence-corrected chi connectivity index (χ1v) is 7.26. The molecular weight excluding hydrogens is 333 g/mol. The van der Waals surface area contributed by atoms with Crippen LogP contribution in [-0.4, -0.2) is 21.1 Å². The van der Waals surface area contributed by atoms with Gasteiger partial charge < -0.3 is 5.32 Å². The normalized spacial score (nSPS) is 10.9. The molecule has 128 valence electrons. The number of halogens is 3. The van der Waals surface area contributed by atoms with Gasteiger partial charge in [0, 0.05) is 10.9 Å². The summed E-state index contributed by atoms with van der Waals surface area (Å²) >= 11 is 0. The number of carbonyl (C=O) groups is 1. The number of rotatable bonds is 3. The third kappa shape index (κ3) is 2.65. The van der Waals surface area contributed by atoms with E-state index < -0.39 is 34.6 Å². The molecule has 0 unspecified atom stereocenters. The molecule has 0 radical (unpaired) electrons. The number of nitrogens with zero attached hydrogens (tertiary/aromatic N) is 2. The summed E-state index contributed by atoms with van der Waals surface area (Å²) in [5.41, 5.74) is -0.750. The van der Waals surface area contributed by atoms with Crippen LogP contribution >= 0.6 is 0 Å². The molecule has 2 heterocycles. The highest BCUT2D eigenvalue weighted by Crippen LogP contribution is 2.35. The van der Waals surface area contributed by atoms with E-state index in [9.17, 15) is 18.0 Å². The van der Waals surface area contributed by atoms with Crippen LogP contribution in [0, 0.1) is 31.3 Å². The summed E-state index contributed by atoms with van der Waals surface area (Å²) in [6.07, 6.45) is 2.29. The van der Waals surface area contributed by atoms with Crippen molar-refractivity contribution in [2.24, 2.45) is 0 Å². The zero-order valence-electron chi connectivity index (χ0n) is 13.4. The number of nitrogens with one attached hydrogen (secondary N) is 2. The van der Waals surface area contributed by atoms with Gasteiger partial charge in [-0.1, -0.05) is 6.58 Å². The molecule has 0 fully saturated rings. The molecule has 8 heteroatoms. The van der Waals surface area contributed by atoms with E-state index in [0.29, 0.717) is 0 Å². The van der Waals surface area contributed by atoms with Crippen molar-refractivity contribution in [1.29, 1.82) is 0 Å². The number of anilines is 1. The van der Waals surface area contributed by atoms with E-state index in [-0.39, 0.29) is 27.8 Å². The molecule has 1 aromatic carbocycles. The molecule has 0 saturated heterocycles. The van der Waals surface area contributed by atoms with Crippen molar-refractivity contribution in [3.8, 4) is 11.3 Å². The lowest BCUT2D eigenvalue weighted by molar-refractivity contribution is -0.111. The minimum Gasteiger partial charge on any atom is -0.321 e. The van der Waals surface area contributed by atoms with E-state index in [1.807, 2.05) is 0 Å². The number of aromatic amines is 1. The molecule has 0 aliphatic rings. The smallest absolute Gasteiger partial charge is 0.247 e. The van der Waals surface area contributed by atoms with Gasteiger partial charge in [-0.15, -0.1) is 0 Å². The van der Waals surface area contributed by atoms with E-state index >= 15 is 0 Å². The maximum absolute atomic E-state index is 14.8. The average molecular weight is 346 g/mol. The predicted octanol–water partition coefficient (Wildman–Crippen LogP) is 3.78. The highest BCUT2D eigenvalue weighted by Gasteiger charge is 2.24. The van der Waals surface area contributed by atoms with Crippen LogP contribution in [0.1, 0.15) is 11.3 Å². The first-order chi connectivity index (χ1) is 11.8. The summed E-state index contributed by atoms with van der Waals surface area (Å²) in [5, 5.41) is 8.72. The second-order valence-corrected chi connectivity index (χ2v) is 5.43. The van der Waals surface area contributed by atoms with Crippen molar-refractivity contribution in [3.63, 3.8) is 0 Å². The number of aromatic nitrogens is 3. The molecular formula is C17H13F3N4O. The van der Waals surface area contributed by atoms with Crippen LogP contribution in [0.2, 0.25) is 0 Å². The van der Waals surface area contributed by atoms with Gasteiger partial charge in [0.05, 0.1) is 23.1 Å². The molecule has 5 nitrogen and oxygen atoms in total. The molecule has 3 aromatic rings. The Morgan fingerprint density at radius 3 is 2.68 bits per heavy atom. The zero-order valence-corrected chi connectivity index (χ0v) is 13.4. The Balaban J connectivity index is 2.25. The Bertz CT molecular complexity index is 1030. The van der Waals surface area contributed by atoms with Gasteiger partial charge in [-0.25, -0.2) is 18.2 Å². The van der Waals surface area contributed by atoms with Crippen LogP contribution in [-0.2, 0) is 4.79 Å². The summed E-state index contributed by atoms with van der Waals surface area (Å²) in [6.45, 7) is 6.20. The molecule has 0 saturated carbocycles. The summed E-state index contributed by atoms with van der Waals surface area (Å²) < 4.78 is 43.8. The van der Waals surface area contributed by atoms with Crippen LogP contribution in [0.4, 0.5) is 18.9 Å². The van der Waals surface area contributed by atoms with Gasteiger partial charge in [-0.3, -0.25) is 9.89 Å². The quantitative estimate of drug-likeness (QED) is 0.709. The first kappa shape index (κ1) is 16.7. The molecule has 1 amide bonds. The summed E-state index contributed by atoms with van der Waals surface area (Å²) in [5.74, 6) is -3.42. The monoisotopic (exact) mass is 346 g/mol. The van der Waals surface area contributed by atoms with E-state index in [1.54, 1.807) is 0 Å². The highest BCUT2D eigenvalue weighted by atomic mass is 19.1. The topological polar surface area (TPSA) is 70.7 Å². The third-order valence-electron chi connectivity index (χ3n) is 3.85. The number of H-pyrrole nitrogens is 1. The molecule has 0 bridgehead atoms. The van der Waals surface area contributed by atoms with Crippen molar-refractivity contribution in [1.82, 2.24) is 15.2 Å². The molecule has 0 aliphatic carbocycles. The standard InChI is InChI=1S/C17H13F3N4O/c1-4-11(25)23-15-7(2)13(19)17(22-8(15)3)12-10(18)5-9-6-21-24-16(9)14(12)20/h4-6H,1H2,2-3H3,(H,21,24)(H,23,25). The average Bonchev–Trinajstić information content (AvgIpc) is 3.04. The van der Waals surface area contributed by atoms with Crippen molar-refractivity contribution < 1.29 is 18.0 Å². The fraction of sp³-hybridized carbons (Fsp3) is 0.118. The lowest BCUT2D eigenvalue weighted by Gasteiger charge is -2.15. The summed E-state index contributed by atoms with van der Waals surface area (Å²) in [7, 11) is 0. The maximum Gasteiger partial charge on any atom is 0.247 e. The van der Waals surface area contributed by atoms with Crippen molar-refractivity contribution in [2.45, 2.75) is 13.8 Å². The lowest BCUT2D eigenvalue weighted by atomic mass is 10.0. The number of fused-ring (bicyclic) bond motifs is 1. The van der Waals surface area contributed by atoms with E-state index in [4.69, 9.17) is 0 Å². The third-order valence-corrected chi connectivity index (χ3v) is 3.85. The molecule has 0 atom stereocenters. The van der Waals surface area contributed by atoms with Crippen molar-refractivity contribution >= 4 is 22.5 Å². The minimum absolute atomic E-state index is 0.0150. The van der Waals surface area contributed by atoms with E-state index in [2.05, 4.69) is 27.1 Å². The Morgan fingerprint density at radius 1 is 1.28 bits per heavy atom. The largest absolute Gasteiger partial charge is 0.321 e. The van der Waals surface area contributed by atoms with Gasteiger partial charge in [-0.2, -0.15) is 5.10 Å². The van der Waals surface area contributed by atoms with Crippen LogP contribution in [0.15, 0.2) is 24.9 Å². The Hall–Kier alpha value is -3.16.